The first-order valence-electron chi connectivity index (χ1n) is 5.64. The van der Waals surface area contributed by atoms with Crippen LogP contribution >= 0.6 is 0 Å². The molecule has 0 fully saturated rings. The number of hydrogen-bond acceptors (Lipinski definition) is 1. The third kappa shape index (κ3) is 3.05. The fraction of sp³-hybridized carbons (Fsp3) is 0.143. The third-order valence-electron chi connectivity index (χ3n) is 2.75. The van der Waals surface area contributed by atoms with Gasteiger partial charge in [-0.1, -0.05) is 6.07 Å². The summed E-state index contributed by atoms with van der Waals surface area (Å²) >= 11 is 0. The van der Waals surface area contributed by atoms with Crippen molar-refractivity contribution in [1.29, 1.82) is 0 Å². The van der Waals surface area contributed by atoms with E-state index in [1.807, 2.05) is 0 Å². The van der Waals surface area contributed by atoms with E-state index in [0.717, 1.165) is 24.3 Å². The second-order valence-corrected chi connectivity index (χ2v) is 4.16. The lowest BCUT2D eigenvalue weighted by Crippen LogP contribution is -2.08. The molecular weight excluding hydrogens is 258 g/mol. The molecule has 1 unspecified atom stereocenters. The minimum Gasteiger partial charge on any atom is -0.376 e. The van der Waals surface area contributed by atoms with E-state index in [4.69, 9.17) is 0 Å². The van der Waals surface area contributed by atoms with E-state index >= 15 is 0 Å². The third-order valence-corrected chi connectivity index (χ3v) is 2.75. The maximum atomic E-state index is 13.4. The lowest BCUT2D eigenvalue weighted by molar-refractivity contribution is 0.506. The Kier molecular flexibility index (Phi) is 3.74. The molecule has 1 N–H and O–H groups in total. The normalized spacial score (nSPS) is 12.3. The summed E-state index contributed by atoms with van der Waals surface area (Å²) in [6, 6.07) is 6.11. The molecule has 1 nitrogen and oxygen atoms in total. The molecule has 2 rings (SSSR count). The highest BCUT2D eigenvalue weighted by Gasteiger charge is 2.11. The van der Waals surface area contributed by atoms with Crippen LogP contribution in [0.15, 0.2) is 36.4 Å². The van der Waals surface area contributed by atoms with Crippen molar-refractivity contribution in [2.75, 3.05) is 5.32 Å². The molecule has 0 amide bonds. The monoisotopic (exact) mass is 269 g/mol. The van der Waals surface area contributed by atoms with Gasteiger partial charge >= 0.3 is 0 Å². The molecule has 100 valence electrons. The predicted molar refractivity (Wildman–Crippen MR) is 64.8 cm³/mol. The fourth-order valence-corrected chi connectivity index (χ4v) is 1.70. The first-order chi connectivity index (χ1) is 8.97. The van der Waals surface area contributed by atoms with Crippen LogP contribution in [0.2, 0.25) is 0 Å². The summed E-state index contributed by atoms with van der Waals surface area (Å²) < 4.78 is 52.1. The Hall–Kier alpha value is -2.04. The van der Waals surface area contributed by atoms with E-state index in [-0.39, 0.29) is 5.69 Å². The predicted octanol–water partition coefficient (Wildman–Crippen LogP) is 4.42. The van der Waals surface area contributed by atoms with Gasteiger partial charge in [-0.2, -0.15) is 0 Å². The molecule has 1 atom stereocenters. The first kappa shape index (κ1) is 13.4. The maximum Gasteiger partial charge on any atom is 0.159 e. The topological polar surface area (TPSA) is 12.0 Å². The van der Waals surface area contributed by atoms with Crippen LogP contribution in [0.1, 0.15) is 18.5 Å². The summed E-state index contributed by atoms with van der Waals surface area (Å²) in [5.74, 6) is -3.33. The van der Waals surface area contributed by atoms with Gasteiger partial charge in [-0.05, 0) is 36.8 Å². The Morgan fingerprint density at radius 3 is 2.21 bits per heavy atom. The van der Waals surface area contributed by atoms with Gasteiger partial charge in [0.05, 0.1) is 5.69 Å². The molecule has 0 spiro atoms. The van der Waals surface area contributed by atoms with E-state index in [2.05, 4.69) is 5.32 Å². The Labute approximate surface area is 107 Å². The minimum atomic E-state index is -0.967. The molecule has 0 radical (unpaired) electrons. The van der Waals surface area contributed by atoms with Gasteiger partial charge in [0.2, 0.25) is 0 Å². The van der Waals surface area contributed by atoms with Crippen molar-refractivity contribution in [3.8, 4) is 0 Å². The minimum absolute atomic E-state index is 0.0960. The number of rotatable bonds is 3. The zero-order chi connectivity index (χ0) is 14.0. The highest BCUT2D eigenvalue weighted by Crippen LogP contribution is 2.23. The van der Waals surface area contributed by atoms with Crippen LogP contribution in [0, 0.1) is 23.3 Å². The molecule has 19 heavy (non-hydrogen) atoms. The Morgan fingerprint density at radius 2 is 1.58 bits per heavy atom. The molecule has 0 saturated heterocycles. The van der Waals surface area contributed by atoms with Crippen molar-refractivity contribution in [3.05, 3.63) is 65.2 Å². The lowest BCUT2D eigenvalue weighted by Gasteiger charge is -2.16. The average molecular weight is 269 g/mol. The zero-order valence-corrected chi connectivity index (χ0v) is 10.1. The van der Waals surface area contributed by atoms with Crippen LogP contribution in [-0.4, -0.2) is 0 Å². The van der Waals surface area contributed by atoms with Gasteiger partial charge in [0.1, 0.15) is 11.6 Å². The molecule has 0 aromatic heterocycles. The van der Waals surface area contributed by atoms with Crippen molar-refractivity contribution in [2.45, 2.75) is 13.0 Å². The zero-order valence-electron chi connectivity index (χ0n) is 10.1. The second-order valence-electron chi connectivity index (χ2n) is 4.16. The number of anilines is 1. The molecule has 0 aliphatic rings. The van der Waals surface area contributed by atoms with Crippen molar-refractivity contribution < 1.29 is 17.6 Å². The maximum absolute atomic E-state index is 13.4. The first-order valence-corrected chi connectivity index (χ1v) is 5.64. The molecule has 0 saturated carbocycles. The summed E-state index contributed by atoms with van der Waals surface area (Å²) in [5.41, 5.74) is 0.557. The van der Waals surface area contributed by atoms with E-state index < -0.39 is 29.3 Å². The molecule has 2 aromatic rings. The SMILES string of the molecule is CC(Nc1ccc(F)cc1F)c1ccc(F)c(F)c1. The number of benzene rings is 2. The Balaban J connectivity index is 2.20. The highest BCUT2D eigenvalue weighted by atomic mass is 19.2. The van der Waals surface area contributed by atoms with Crippen molar-refractivity contribution in [1.82, 2.24) is 0 Å². The van der Waals surface area contributed by atoms with Crippen LogP contribution in [0.3, 0.4) is 0 Å². The Bertz CT molecular complexity index is 598. The summed E-state index contributed by atoms with van der Waals surface area (Å²) in [6.07, 6.45) is 0. The lowest BCUT2D eigenvalue weighted by atomic mass is 10.1. The Morgan fingerprint density at radius 1 is 0.842 bits per heavy atom. The van der Waals surface area contributed by atoms with Crippen molar-refractivity contribution in [3.63, 3.8) is 0 Å². The second kappa shape index (κ2) is 5.30. The largest absolute Gasteiger partial charge is 0.376 e. The number of hydrogen-bond donors (Lipinski definition) is 1. The van der Waals surface area contributed by atoms with Gasteiger partial charge in [-0.25, -0.2) is 17.6 Å². The molecule has 0 bridgehead atoms. The summed E-state index contributed by atoms with van der Waals surface area (Å²) in [5, 5.41) is 2.77. The van der Waals surface area contributed by atoms with Crippen LogP contribution in [0.5, 0.6) is 0 Å². The van der Waals surface area contributed by atoms with Gasteiger partial charge in [0, 0.05) is 12.1 Å². The number of halogens is 4. The highest BCUT2D eigenvalue weighted by molar-refractivity contribution is 5.46. The van der Waals surface area contributed by atoms with Crippen LogP contribution in [0.25, 0.3) is 0 Å². The molecule has 2 aromatic carbocycles. The van der Waals surface area contributed by atoms with Crippen LogP contribution in [0.4, 0.5) is 23.2 Å². The fourth-order valence-electron chi connectivity index (χ4n) is 1.70. The molecule has 5 heteroatoms. The standard InChI is InChI=1S/C14H11F4N/c1-8(9-2-4-11(16)12(17)6-9)19-14-5-3-10(15)7-13(14)18/h2-8,19H,1H3. The van der Waals surface area contributed by atoms with Crippen LogP contribution in [-0.2, 0) is 0 Å². The summed E-state index contributed by atoms with van der Waals surface area (Å²) in [7, 11) is 0. The average Bonchev–Trinajstić information content (AvgIpc) is 2.36. The summed E-state index contributed by atoms with van der Waals surface area (Å²) in [6.45, 7) is 1.66. The van der Waals surface area contributed by atoms with Gasteiger partial charge in [0.25, 0.3) is 0 Å². The molecular formula is C14H11F4N. The van der Waals surface area contributed by atoms with Gasteiger partial charge in [-0.3, -0.25) is 0 Å². The van der Waals surface area contributed by atoms with Crippen molar-refractivity contribution >= 4 is 5.69 Å². The number of nitrogens with one attached hydrogen (secondary N) is 1. The molecule has 0 aliphatic heterocycles. The van der Waals surface area contributed by atoms with E-state index in [0.29, 0.717) is 5.56 Å². The van der Waals surface area contributed by atoms with Gasteiger partial charge < -0.3 is 5.32 Å². The van der Waals surface area contributed by atoms with E-state index in [1.54, 1.807) is 6.92 Å². The summed E-state index contributed by atoms with van der Waals surface area (Å²) in [4.78, 5) is 0. The van der Waals surface area contributed by atoms with Crippen LogP contribution < -0.4 is 5.32 Å². The molecule has 0 aliphatic carbocycles. The van der Waals surface area contributed by atoms with Gasteiger partial charge in [0.15, 0.2) is 11.6 Å². The van der Waals surface area contributed by atoms with E-state index in [9.17, 15) is 17.6 Å². The smallest absolute Gasteiger partial charge is 0.159 e. The molecule has 0 heterocycles. The van der Waals surface area contributed by atoms with Crippen molar-refractivity contribution in [2.24, 2.45) is 0 Å². The quantitative estimate of drug-likeness (QED) is 0.813. The van der Waals surface area contributed by atoms with E-state index in [1.165, 1.54) is 12.1 Å². The van der Waals surface area contributed by atoms with Gasteiger partial charge in [-0.15, -0.1) is 0 Å².